The highest BCUT2D eigenvalue weighted by Gasteiger charge is 2.39. The lowest BCUT2D eigenvalue weighted by Gasteiger charge is -2.30. The molecule has 6 nitrogen and oxygen atoms in total. The van der Waals surface area contributed by atoms with Crippen molar-refractivity contribution >= 4 is 16.7 Å². The SMILES string of the molecule is Cc1cc2cc(C3C(C#N)=C(N)OC4=C3C(=O)CCC4)c(=O)[nH]c2cc1C. The Kier molecular flexibility index (Phi) is 3.88. The molecule has 4 rings (SSSR count). The predicted molar refractivity (Wildman–Crippen MR) is 101 cm³/mol. The van der Waals surface area contributed by atoms with Gasteiger partial charge in [-0.25, -0.2) is 0 Å². The maximum Gasteiger partial charge on any atom is 0.252 e. The van der Waals surface area contributed by atoms with E-state index >= 15 is 0 Å². The number of aromatic amines is 1. The second-order valence-electron chi connectivity index (χ2n) is 7.12. The lowest BCUT2D eigenvalue weighted by Crippen LogP contribution is -2.30. The second-order valence-corrected chi connectivity index (χ2v) is 7.12. The monoisotopic (exact) mass is 361 g/mol. The Morgan fingerprint density at radius 2 is 1.93 bits per heavy atom. The minimum Gasteiger partial charge on any atom is -0.444 e. The summed E-state index contributed by atoms with van der Waals surface area (Å²) < 4.78 is 5.56. The number of rotatable bonds is 1. The Bertz CT molecular complexity index is 1160. The van der Waals surface area contributed by atoms with Crippen LogP contribution >= 0.6 is 0 Å². The van der Waals surface area contributed by atoms with Gasteiger partial charge in [0.05, 0.1) is 5.92 Å². The fourth-order valence-corrected chi connectivity index (χ4v) is 3.88. The largest absolute Gasteiger partial charge is 0.444 e. The number of ether oxygens (including phenoxy) is 1. The smallest absolute Gasteiger partial charge is 0.252 e. The van der Waals surface area contributed by atoms with Gasteiger partial charge in [-0.1, -0.05) is 0 Å². The van der Waals surface area contributed by atoms with Gasteiger partial charge in [-0.3, -0.25) is 9.59 Å². The zero-order chi connectivity index (χ0) is 19.3. The first-order valence-electron chi connectivity index (χ1n) is 8.88. The van der Waals surface area contributed by atoms with Crippen molar-refractivity contribution in [3.63, 3.8) is 0 Å². The van der Waals surface area contributed by atoms with Gasteiger partial charge in [-0.15, -0.1) is 0 Å². The molecular formula is C21H19N3O3. The number of nitrogens with zero attached hydrogens (tertiary/aromatic N) is 1. The molecule has 1 aliphatic carbocycles. The average molecular weight is 361 g/mol. The van der Waals surface area contributed by atoms with Crippen molar-refractivity contribution < 1.29 is 9.53 Å². The molecule has 2 aromatic rings. The molecule has 2 aliphatic rings. The van der Waals surface area contributed by atoms with Gasteiger partial charge in [-0.05, 0) is 55.0 Å². The zero-order valence-electron chi connectivity index (χ0n) is 15.2. The van der Waals surface area contributed by atoms with E-state index < -0.39 is 5.92 Å². The molecule has 0 amide bonds. The molecule has 1 aromatic heterocycles. The Hall–Kier alpha value is -3.33. The normalized spacial score (nSPS) is 19.7. The Morgan fingerprint density at radius 1 is 1.19 bits per heavy atom. The molecular weight excluding hydrogens is 342 g/mol. The lowest BCUT2D eigenvalue weighted by atomic mass is 9.77. The molecule has 1 unspecified atom stereocenters. The van der Waals surface area contributed by atoms with Crippen molar-refractivity contribution in [3.8, 4) is 6.07 Å². The van der Waals surface area contributed by atoms with Gasteiger partial charge in [-0.2, -0.15) is 5.26 Å². The minimum absolute atomic E-state index is 0.0319. The van der Waals surface area contributed by atoms with Gasteiger partial charge in [0.1, 0.15) is 17.4 Å². The van der Waals surface area contributed by atoms with Crippen molar-refractivity contribution in [3.05, 3.63) is 68.0 Å². The van der Waals surface area contributed by atoms with Crippen molar-refractivity contribution in [2.24, 2.45) is 5.73 Å². The van der Waals surface area contributed by atoms with Crippen molar-refractivity contribution in [2.75, 3.05) is 0 Å². The van der Waals surface area contributed by atoms with E-state index in [0.29, 0.717) is 36.2 Å². The van der Waals surface area contributed by atoms with Gasteiger partial charge < -0.3 is 15.5 Å². The van der Waals surface area contributed by atoms with Crippen LogP contribution in [0.5, 0.6) is 0 Å². The Labute approximate surface area is 155 Å². The topological polar surface area (TPSA) is 109 Å². The van der Waals surface area contributed by atoms with Crippen LogP contribution in [0, 0.1) is 25.2 Å². The second kappa shape index (κ2) is 6.13. The third-order valence-electron chi connectivity index (χ3n) is 5.40. The van der Waals surface area contributed by atoms with Crippen molar-refractivity contribution in [2.45, 2.75) is 39.0 Å². The molecule has 0 saturated heterocycles. The van der Waals surface area contributed by atoms with Crippen LogP contribution in [0.1, 0.15) is 41.9 Å². The number of hydrogen-bond donors (Lipinski definition) is 2. The number of nitrogens with one attached hydrogen (secondary N) is 1. The van der Waals surface area contributed by atoms with Crippen LogP contribution in [0.4, 0.5) is 0 Å². The highest BCUT2D eigenvalue weighted by Crippen LogP contribution is 2.42. The molecule has 0 saturated carbocycles. The van der Waals surface area contributed by atoms with Crippen LogP contribution in [0.15, 0.2) is 45.8 Å². The first-order valence-corrected chi connectivity index (χ1v) is 8.88. The summed E-state index contributed by atoms with van der Waals surface area (Å²) in [4.78, 5) is 28.4. The van der Waals surface area contributed by atoms with Crippen LogP contribution in [0.25, 0.3) is 10.9 Å². The van der Waals surface area contributed by atoms with E-state index in [9.17, 15) is 14.9 Å². The predicted octanol–water partition coefficient (Wildman–Crippen LogP) is 2.96. The summed E-state index contributed by atoms with van der Waals surface area (Å²) in [7, 11) is 0. The number of hydrogen-bond acceptors (Lipinski definition) is 5. The number of aromatic nitrogens is 1. The summed E-state index contributed by atoms with van der Waals surface area (Å²) >= 11 is 0. The van der Waals surface area contributed by atoms with E-state index in [4.69, 9.17) is 10.5 Å². The number of Topliss-reactive ketones (excluding diaryl/α,β-unsaturated/α-hetero) is 1. The molecule has 0 radical (unpaired) electrons. The zero-order valence-corrected chi connectivity index (χ0v) is 15.2. The lowest BCUT2D eigenvalue weighted by molar-refractivity contribution is -0.116. The summed E-state index contributed by atoms with van der Waals surface area (Å²) in [5.41, 5.74) is 9.36. The molecule has 0 bridgehead atoms. The van der Waals surface area contributed by atoms with Gasteiger partial charge in [0.25, 0.3) is 5.56 Å². The van der Waals surface area contributed by atoms with Crippen LogP contribution in [0.2, 0.25) is 0 Å². The summed E-state index contributed by atoms with van der Waals surface area (Å²) in [6, 6.07) is 7.71. The highest BCUT2D eigenvalue weighted by molar-refractivity contribution is 5.99. The summed E-state index contributed by atoms with van der Waals surface area (Å²) in [6.07, 6.45) is 1.62. The minimum atomic E-state index is -0.790. The number of H-pyrrole nitrogens is 1. The van der Waals surface area contributed by atoms with Gasteiger partial charge in [0, 0.05) is 29.5 Å². The van der Waals surface area contributed by atoms with Crippen LogP contribution in [-0.4, -0.2) is 10.8 Å². The van der Waals surface area contributed by atoms with Crippen LogP contribution in [0.3, 0.4) is 0 Å². The number of carbonyl (C=O) groups is 1. The fourth-order valence-electron chi connectivity index (χ4n) is 3.88. The molecule has 1 aliphatic heterocycles. The molecule has 2 heterocycles. The molecule has 1 aromatic carbocycles. The summed E-state index contributed by atoms with van der Waals surface area (Å²) in [5, 5.41) is 10.5. The first-order chi connectivity index (χ1) is 12.9. The summed E-state index contributed by atoms with van der Waals surface area (Å²) in [5.74, 6) is -0.440. The fraction of sp³-hybridized carbons (Fsp3) is 0.286. The van der Waals surface area contributed by atoms with E-state index in [1.165, 1.54) is 0 Å². The third kappa shape index (κ3) is 2.63. The third-order valence-corrected chi connectivity index (χ3v) is 5.40. The van der Waals surface area contributed by atoms with Gasteiger partial charge >= 0.3 is 0 Å². The number of nitrogens with two attached hydrogens (primary N) is 1. The Morgan fingerprint density at radius 3 is 2.67 bits per heavy atom. The number of pyridine rings is 1. The molecule has 1 atom stereocenters. The van der Waals surface area contributed by atoms with Crippen LogP contribution in [-0.2, 0) is 9.53 Å². The number of aryl methyl sites for hydroxylation is 2. The maximum atomic E-state index is 12.9. The Balaban J connectivity index is 2.00. The molecule has 136 valence electrons. The number of ketones is 1. The van der Waals surface area contributed by atoms with Gasteiger partial charge in [0.15, 0.2) is 5.78 Å². The molecule has 3 N–H and O–H groups in total. The quantitative estimate of drug-likeness (QED) is 0.811. The molecule has 27 heavy (non-hydrogen) atoms. The number of benzene rings is 1. The molecule has 0 fully saturated rings. The average Bonchev–Trinajstić information content (AvgIpc) is 2.62. The van der Waals surface area contributed by atoms with E-state index in [1.54, 1.807) is 6.07 Å². The van der Waals surface area contributed by atoms with Gasteiger partial charge in [0.2, 0.25) is 5.88 Å². The van der Waals surface area contributed by atoms with Crippen molar-refractivity contribution in [1.82, 2.24) is 4.98 Å². The van der Waals surface area contributed by atoms with E-state index in [1.807, 2.05) is 32.0 Å². The first kappa shape index (κ1) is 17.1. The number of fused-ring (bicyclic) bond motifs is 1. The molecule has 0 spiro atoms. The van der Waals surface area contributed by atoms with Crippen molar-refractivity contribution in [1.29, 1.82) is 5.26 Å². The van der Waals surface area contributed by atoms with E-state index in [2.05, 4.69) is 4.98 Å². The number of nitriles is 1. The van der Waals surface area contributed by atoms with E-state index in [0.717, 1.165) is 22.0 Å². The standard InChI is InChI=1S/C21H19N3O3/c1-10-6-12-8-13(21(26)24-15(12)7-11(10)2)18-14(9-22)20(23)27-17-5-3-4-16(25)19(17)18/h6-8,18H,3-5,23H2,1-2H3,(H,24,26). The van der Waals surface area contributed by atoms with Crippen LogP contribution < -0.4 is 11.3 Å². The highest BCUT2D eigenvalue weighted by atomic mass is 16.5. The maximum absolute atomic E-state index is 12.9. The van der Waals surface area contributed by atoms with E-state index in [-0.39, 0.29) is 22.8 Å². The number of allylic oxidation sites excluding steroid dienone is 3. The summed E-state index contributed by atoms with van der Waals surface area (Å²) in [6.45, 7) is 3.98. The molecule has 6 heteroatoms. The number of carbonyl (C=O) groups excluding carboxylic acids is 1.